The molecule has 3 rings (SSSR count). The zero-order chi connectivity index (χ0) is 20.1. The second kappa shape index (κ2) is 8.85. The number of carbonyl (C=O) groups is 1. The monoisotopic (exact) mass is 397 g/mol. The maximum atomic E-state index is 13.0. The fourth-order valence-electron chi connectivity index (χ4n) is 2.66. The number of nitrogens with zero attached hydrogens (tertiary/aromatic N) is 2. The number of aromatic nitrogens is 2. The van der Waals surface area contributed by atoms with Gasteiger partial charge in [-0.05, 0) is 40.8 Å². The Morgan fingerprint density at radius 1 is 1.18 bits per heavy atom. The normalized spacial score (nSPS) is 11.3. The van der Waals surface area contributed by atoms with Gasteiger partial charge in [0.1, 0.15) is 10.8 Å². The molecule has 1 amide bonds. The van der Waals surface area contributed by atoms with Crippen molar-refractivity contribution >= 4 is 29.4 Å². The molecular weight excluding hydrogens is 377 g/mol. The molecule has 0 aliphatic carbocycles. The number of hydrogen-bond acceptors (Lipinski definition) is 2. The fraction of sp³-hybridized carbons (Fsp3) is 0.182. The predicted octanol–water partition coefficient (Wildman–Crippen LogP) is 5.50. The maximum absolute atomic E-state index is 13.0. The van der Waals surface area contributed by atoms with E-state index in [0.717, 1.165) is 11.1 Å². The van der Waals surface area contributed by atoms with Crippen LogP contribution in [-0.2, 0) is 11.3 Å². The van der Waals surface area contributed by atoms with Crippen LogP contribution in [0.5, 0.6) is 0 Å². The lowest BCUT2D eigenvalue weighted by Crippen LogP contribution is -2.09. The first-order chi connectivity index (χ1) is 13.4. The molecule has 1 aromatic heterocycles. The van der Waals surface area contributed by atoms with Crippen LogP contribution in [0.15, 0.2) is 60.8 Å². The zero-order valence-electron chi connectivity index (χ0n) is 15.7. The molecule has 0 aliphatic heterocycles. The molecule has 0 unspecified atom stereocenters. The van der Waals surface area contributed by atoms with E-state index in [4.69, 9.17) is 11.6 Å². The molecule has 4 nitrogen and oxygen atoms in total. The number of carbonyl (C=O) groups excluding carboxylic acids is 1. The average Bonchev–Trinajstić information content (AvgIpc) is 3.01. The number of anilines is 1. The Morgan fingerprint density at radius 2 is 1.86 bits per heavy atom. The number of nitrogens with one attached hydrogen (secondary N) is 1. The van der Waals surface area contributed by atoms with Crippen molar-refractivity contribution in [2.75, 3.05) is 5.32 Å². The minimum atomic E-state index is -0.318. The zero-order valence-corrected chi connectivity index (χ0v) is 16.4. The van der Waals surface area contributed by atoms with Crippen LogP contribution >= 0.6 is 11.6 Å². The molecule has 0 spiro atoms. The molecule has 0 atom stereocenters. The van der Waals surface area contributed by atoms with Crippen molar-refractivity contribution in [1.29, 1.82) is 0 Å². The molecule has 0 saturated heterocycles. The molecule has 1 heterocycles. The van der Waals surface area contributed by atoms with Crippen LogP contribution in [0.3, 0.4) is 0 Å². The summed E-state index contributed by atoms with van der Waals surface area (Å²) in [7, 11) is 0. The van der Waals surface area contributed by atoms with Gasteiger partial charge in [-0.25, -0.2) is 4.39 Å². The van der Waals surface area contributed by atoms with Crippen molar-refractivity contribution in [3.05, 3.63) is 88.3 Å². The van der Waals surface area contributed by atoms with E-state index in [1.54, 1.807) is 29.1 Å². The molecular formula is C22H21ClFN3O. The van der Waals surface area contributed by atoms with E-state index in [1.165, 1.54) is 23.8 Å². The smallest absolute Gasteiger partial charge is 0.249 e. The van der Waals surface area contributed by atoms with Crippen LogP contribution in [0.2, 0.25) is 5.02 Å². The third-order valence-electron chi connectivity index (χ3n) is 4.25. The van der Waals surface area contributed by atoms with E-state index in [9.17, 15) is 9.18 Å². The van der Waals surface area contributed by atoms with Crippen LogP contribution < -0.4 is 5.32 Å². The summed E-state index contributed by atoms with van der Waals surface area (Å²) >= 11 is 6.16. The summed E-state index contributed by atoms with van der Waals surface area (Å²) in [5.41, 5.74) is 3.07. The highest BCUT2D eigenvalue weighted by atomic mass is 35.5. The standard InChI is InChI=1S/C22H21ClFN3O/c1-15(2)18-8-3-16(4-9-18)7-12-21(28)25-22-20(23)14-27(26-22)13-17-5-10-19(24)11-6-17/h3-12,14-15H,13H2,1-2H3,(H,25,26,28)/b12-7+. The average molecular weight is 398 g/mol. The number of benzene rings is 2. The molecule has 0 radical (unpaired) electrons. The molecule has 0 fully saturated rings. The minimum absolute atomic E-state index is 0.286. The predicted molar refractivity (Wildman–Crippen MR) is 111 cm³/mol. The van der Waals surface area contributed by atoms with Crippen molar-refractivity contribution in [2.45, 2.75) is 26.3 Å². The van der Waals surface area contributed by atoms with E-state index < -0.39 is 0 Å². The second-order valence-corrected chi connectivity index (χ2v) is 7.20. The van der Waals surface area contributed by atoms with Crippen molar-refractivity contribution < 1.29 is 9.18 Å². The molecule has 2 aromatic carbocycles. The Morgan fingerprint density at radius 3 is 2.50 bits per heavy atom. The van der Waals surface area contributed by atoms with Crippen LogP contribution in [0.1, 0.15) is 36.5 Å². The van der Waals surface area contributed by atoms with Gasteiger partial charge in [-0.1, -0.05) is 61.8 Å². The summed E-state index contributed by atoms with van der Waals surface area (Å²) < 4.78 is 14.6. The fourth-order valence-corrected chi connectivity index (χ4v) is 2.86. The van der Waals surface area contributed by atoms with Gasteiger partial charge in [0.05, 0.1) is 6.54 Å². The second-order valence-electron chi connectivity index (χ2n) is 6.79. The van der Waals surface area contributed by atoms with Crippen molar-refractivity contribution in [3.63, 3.8) is 0 Å². The molecule has 28 heavy (non-hydrogen) atoms. The van der Waals surface area contributed by atoms with E-state index in [2.05, 4.69) is 36.4 Å². The summed E-state index contributed by atoms with van der Waals surface area (Å²) in [6.45, 7) is 4.70. The molecule has 0 bridgehead atoms. The summed E-state index contributed by atoms with van der Waals surface area (Å²) in [5, 5.41) is 7.29. The summed E-state index contributed by atoms with van der Waals surface area (Å²) in [5.74, 6) is 0.143. The highest BCUT2D eigenvalue weighted by molar-refractivity contribution is 6.33. The van der Waals surface area contributed by atoms with Crippen molar-refractivity contribution in [3.8, 4) is 0 Å². The number of halogens is 2. The molecule has 0 saturated carbocycles. The number of amides is 1. The minimum Gasteiger partial charge on any atom is -0.304 e. The third kappa shape index (κ3) is 5.30. The van der Waals surface area contributed by atoms with Gasteiger partial charge in [0.2, 0.25) is 5.91 Å². The molecule has 3 aromatic rings. The largest absolute Gasteiger partial charge is 0.304 e. The van der Waals surface area contributed by atoms with Gasteiger partial charge in [-0.2, -0.15) is 5.10 Å². The molecule has 144 valence electrons. The van der Waals surface area contributed by atoms with Crippen LogP contribution in [-0.4, -0.2) is 15.7 Å². The molecule has 6 heteroatoms. The number of rotatable bonds is 6. The summed E-state index contributed by atoms with van der Waals surface area (Å²) in [6, 6.07) is 14.2. The lowest BCUT2D eigenvalue weighted by molar-refractivity contribution is -0.111. The quantitative estimate of drug-likeness (QED) is 0.558. The van der Waals surface area contributed by atoms with Gasteiger partial charge < -0.3 is 5.32 Å². The van der Waals surface area contributed by atoms with Gasteiger partial charge in [-0.15, -0.1) is 0 Å². The lowest BCUT2D eigenvalue weighted by atomic mass is 10.0. The topological polar surface area (TPSA) is 46.9 Å². The Labute approximate surface area is 168 Å². The van der Waals surface area contributed by atoms with Gasteiger partial charge in [0.15, 0.2) is 5.82 Å². The summed E-state index contributed by atoms with van der Waals surface area (Å²) in [4.78, 5) is 12.2. The molecule has 1 N–H and O–H groups in total. The highest BCUT2D eigenvalue weighted by Gasteiger charge is 2.09. The number of hydrogen-bond donors (Lipinski definition) is 1. The van der Waals surface area contributed by atoms with Crippen molar-refractivity contribution in [2.24, 2.45) is 0 Å². The van der Waals surface area contributed by atoms with Gasteiger partial charge in [0.25, 0.3) is 0 Å². The Balaban J connectivity index is 1.62. The van der Waals surface area contributed by atoms with Crippen LogP contribution in [0, 0.1) is 5.82 Å². The van der Waals surface area contributed by atoms with E-state index in [0.29, 0.717) is 17.5 Å². The van der Waals surface area contributed by atoms with Crippen molar-refractivity contribution in [1.82, 2.24) is 9.78 Å². The van der Waals surface area contributed by atoms with E-state index >= 15 is 0 Å². The lowest BCUT2D eigenvalue weighted by Gasteiger charge is -2.04. The first-order valence-corrected chi connectivity index (χ1v) is 9.35. The third-order valence-corrected chi connectivity index (χ3v) is 4.52. The van der Waals surface area contributed by atoms with Crippen LogP contribution in [0.25, 0.3) is 6.08 Å². The Hall–Kier alpha value is -2.92. The van der Waals surface area contributed by atoms with Gasteiger partial charge in [-0.3, -0.25) is 9.48 Å². The maximum Gasteiger partial charge on any atom is 0.249 e. The van der Waals surface area contributed by atoms with E-state index in [1.807, 2.05) is 12.1 Å². The van der Waals surface area contributed by atoms with Gasteiger partial charge in [0, 0.05) is 12.3 Å². The SMILES string of the molecule is CC(C)c1ccc(/C=C/C(=O)Nc2nn(Cc3ccc(F)cc3)cc2Cl)cc1. The first-order valence-electron chi connectivity index (χ1n) is 8.97. The van der Waals surface area contributed by atoms with E-state index in [-0.39, 0.29) is 17.5 Å². The Kier molecular flexibility index (Phi) is 6.26. The van der Waals surface area contributed by atoms with Gasteiger partial charge >= 0.3 is 0 Å². The van der Waals surface area contributed by atoms with Crippen LogP contribution in [0.4, 0.5) is 10.2 Å². The first kappa shape index (κ1) is 19.8. The highest BCUT2D eigenvalue weighted by Crippen LogP contribution is 2.20. The summed E-state index contributed by atoms with van der Waals surface area (Å²) in [6.07, 6.45) is 4.80. The Bertz CT molecular complexity index is 976. The molecule has 0 aliphatic rings.